The minimum atomic E-state index is -0.804. The van der Waals surface area contributed by atoms with E-state index in [0.717, 1.165) is 5.75 Å². The fraction of sp³-hybridized carbons (Fsp3) is 0.400. The molecule has 0 heterocycles. The highest BCUT2D eigenvalue weighted by atomic mass is 32.2. The molecule has 13 heavy (non-hydrogen) atoms. The van der Waals surface area contributed by atoms with Gasteiger partial charge in [-0.05, 0) is 12.3 Å². The van der Waals surface area contributed by atoms with Crippen LogP contribution < -0.4 is 0 Å². The van der Waals surface area contributed by atoms with Crippen molar-refractivity contribution in [1.82, 2.24) is 0 Å². The van der Waals surface area contributed by atoms with Crippen molar-refractivity contribution in [2.24, 2.45) is 0 Å². The van der Waals surface area contributed by atoms with Crippen LogP contribution in [-0.4, -0.2) is 30.0 Å². The largest absolute Gasteiger partial charge is 0.365 e. The zero-order chi connectivity index (χ0) is 9.94. The number of aliphatic hydroxyl groups is 1. The Morgan fingerprint density at radius 1 is 1.46 bits per heavy atom. The maximum Gasteiger partial charge on any atom is 0.174 e. The molecule has 0 spiro atoms. The minimum absolute atomic E-state index is 0.567. The van der Waals surface area contributed by atoms with Gasteiger partial charge >= 0.3 is 0 Å². The van der Waals surface area contributed by atoms with Crippen molar-refractivity contribution in [2.45, 2.75) is 6.29 Å². The third kappa shape index (κ3) is 9.40. The SMILES string of the molecule is C=CC=CC=CC(O)OCCSC. The van der Waals surface area contributed by atoms with E-state index < -0.39 is 6.29 Å². The Hall–Kier alpha value is -0.510. The molecule has 0 aromatic heterocycles. The Kier molecular flexibility index (Phi) is 9.20. The molecule has 0 saturated heterocycles. The van der Waals surface area contributed by atoms with Gasteiger partial charge in [-0.3, -0.25) is 0 Å². The summed E-state index contributed by atoms with van der Waals surface area (Å²) >= 11 is 1.69. The average molecular weight is 200 g/mol. The molecule has 0 aliphatic carbocycles. The normalized spacial score (nSPS) is 14.0. The standard InChI is InChI=1S/C10H16O2S/c1-3-4-5-6-7-10(11)12-8-9-13-2/h3-7,10-11H,1,8-9H2,2H3. The van der Waals surface area contributed by atoms with Gasteiger partial charge in [0.25, 0.3) is 0 Å². The molecule has 2 nitrogen and oxygen atoms in total. The number of hydrogen-bond donors (Lipinski definition) is 1. The Bertz CT molecular complexity index is 176. The van der Waals surface area contributed by atoms with Crippen molar-refractivity contribution in [3.63, 3.8) is 0 Å². The summed E-state index contributed by atoms with van der Waals surface area (Å²) in [5.74, 6) is 0.896. The molecule has 74 valence electrons. The highest BCUT2D eigenvalue weighted by Gasteiger charge is 1.95. The lowest BCUT2D eigenvalue weighted by molar-refractivity contribution is -0.0575. The fourth-order valence-electron chi connectivity index (χ4n) is 0.610. The second-order valence-corrected chi connectivity index (χ2v) is 3.25. The molecule has 0 aliphatic rings. The van der Waals surface area contributed by atoms with E-state index in [9.17, 15) is 5.11 Å². The Morgan fingerprint density at radius 3 is 2.85 bits per heavy atom. The predicted octanol–water partition coefficient (Wildman–Crippen LogP) is 1.98. The molecule has 0 fully saturated rings. The van der Waals surface area contributed by atoms with Crippen LogP contribution in [0.2, 0.25) is 0 Å². The van der Waals surface area contributed by atoms with Gasteiger partial charge in [-0.2, -0.15) is 11.8 Å². The molecule has 0 amide bonds. The van der Waals surface area contributed by atoms with E-state index >= 15 is 0 Å². The topological polar surface area (TPSA) is 29.5 Å². The van der Waals surface area contributed by atoms with Crippen molar-refractivity contribution in [1.29, 1.82) is 0 Å². The van der Waals surface area contributed by atoms with E-state index in [-0.39, 0.29) is 0 Å². The number of aliphatic hydroxyl groups excluding tert-OH is 1. The third-order valence-electron chi connectivity index (χ3n) is 1.21. The van der Waals surface area contributed by atoms with E-state index in [1.54, 1.807) is 42.1 Å². The molecule has 0 rings (SSSR count). The molecule has 1 atom stereocenters. The van der Waals surface area contributed by atoms with E-state index in [2.05, 4.69) is 6.58 Å². The van der Waals surface area contributed by atoms with Crippen LogP contribution in [-0.2, 0) is 4.74 Å². The summed E-state index contributed by atoms with van der Waals surface area (Å²) in [6, 6.07) is 0. The second-order valence-electron chi connectivity index (χ2n) is 2.26. The second kappa shape index (κ2) is 9.58. The smallest absolute Gasteiger partial charge is 0.174 e. The first-order valence-electron chi connectivity index (χ1n) is 4.05. The van der Waals surface area contributed by atoms with Gasteiger partial charge in [0, 0.05) is 5.75 Å². The van der Waals surface area contributed by atoms with Crippen LogP contribution in [0.1, 0.15) is 0 Å². The first-order valence-corrected chi connectivity index (χ1v) is 5.45. The Balaban J connectivity index is 3.48. The predicted molar refractivity (Wildman–Crippen MR) is 58.8 cm³/mol. The molecule has 0 radical (unpaired) electrons. The highest BCUT2D eigenvalue weighted by Crippen LogP contribution is 1.95. The average Bonchev–Trinajstić information content (AvgIpc) is 2.13. The zero-order valence-electron chi connectivity index (χ0n) is 7.85. The van der Waals surface area contributed by atoms with Crippen LogP contribution in [0.3, 0.4) is 0 Å². The van der Waals surface area contributed by atoms with Gasteiger partial charge < -0.3 is 9.84 Å². The van der Waals surface area contributed by atoms with Crippen molar-refractivity contribution in [3.8, 4) is 0 Å². The first kappa shape index (κ1) is 12.5. The summed E-state index contributed by atoms with van der Waals surface area (Å²) in [4.78, 5) is 0. The molecule has 1 unspecified atom stereocenters. The number of thioether (sulfide) groups is 1. The third-order valence-corrected chi connectivity index (χ3v) is 1.79. The van der Waals surface area contributed by atoms with Crippen LogP contribution in [0.15, 0.2) is 37.0 Å². The monoisotopic (exact) mass is 200 g/mol. The van der Waals surface area contributed by atoms with E-state index in [1.165, 1.54) is 0 Å². The molecule has 0 aliphatic heterocycles. The maximum absolute atomic E-state index is 9.20. The lowest BCUT2D eigenvalue weighted by Gasteiger charge is -2.05. The molecular formula is C10H16O2S. The molecule has 3 heteroatoms. The van der Waals surface area contributed by atoms with Crippen molar-refractivity contribution in [2.75, 3.05) is 18.6 Å². The summed E-state index contributed by atoms with van der Waals surface area (Å²) in [6.07, 6.45) is 9.75. The van der Waals surface area contributed by atoms with Crippen LogP contribution in [0.5, 0.6) is 0 Å². The Morgan fingerprint density at radius 2 is 2.23 bits per heavy atom. The summed E-state index contributed by atoms with van der Waals surface area (Å²) in [5.41, 5.74) is 0. The molecule has 0 bridgehead atoms. The molecule has 0 aromatic rings. The van der Waals surface area contributed by atoms with Gasteiger partial charge in [0.15, 0.2) is 6.29 Å². The van der Waals surface area contributed by atoms with Gasteiger partial charge in [-0.25, -0.2) is 0 Å². The molecular weight excluding hydrogens is 184 g/mol. The number of rotatable bonds is 7. The molecule has 0 aromatic carbocycles. The molecule has 0 saturated carbocycles. The van der Waals surface area contributed by atoms with E-state index in [4.69, 9.17) is 4.74 Å². The van der Waals surface area contributed by atoms with Gasteiger partial charge in [-0.1, -0.05) is 30.9 Å². The van der Waals surface area contributed by atoms with Crippen molar-refractivity contribution < 1.29 is 9.84 Å². The van der Waals surface area contributed by atoms with Crippen molar-refractivity contribution in [3.05, 3.63) is 37.0 Å². The lowest BCUT2D eigenvalue weighted by atomic mass is 10.4. The van der Waals surface area contributed by atoms with E-state index in [1.807, 2.05) is 6.26 Å². The maximum atomic E-state index is 9.20. The van der Waals surface area contributed by atoms with Crippen LogP contribution in [0.25, 0.3) is 0 Å². The lowest BCUT2D eigenvalue weighted by Crippen LogP contribution is -2.10. The Labute approximate surface area is 84.0 Å². The van der Waals surface area contributed by atoms with Crippen LogP contribution >= 0.6 is 11.8 Å². The quantitative estimate of drug-likeness (QED) is 0.387. The van der Waals surface area contributed by atoms with Gasteiger partial charge in [-0.15, -0.1) is 0 Å². The van der Waals surface area contributed by atoms with Gasteiger partial charge in [0.1, 0.15) is 0 Å². The van der Waals surface area contributed by atoms with Gasteiger partial charge in [0.05, 0.1) is 6.61 Å². The van der Waals surface area contributed by atoms with Gasteiger partial charge in [0.2, 0.25) is 0 Å². The van der Waals surface area contributed by atoms with Crippen molar-refractivity contribution >= 4 is 11.8 Å². The fourth-order valence-corrected chi connectivity index (χ4v) is 0.873. The summed E-state index contributed by atoms with van der Waals surface area (Å²) in [5, 5.41) is 9.20. The summed E-state index contributed by atoms with van der Waals surface area (Å²) in [7, 11) is 0. The minimum Gasteiger partial charge on any atom is -0.365 e. The summed E-state index contributed by atoms with van der Waals surface area (Å²) < 4.78 is 5.05. The number of allylic oxidation sites excluding steroid dienone is 4. The van der Waals surface area contributed by atoms with E-state index in [0.29, 0.717) is 6.61 Å². The number of hydrogen-bond acceptors (Lipinski definition) is 3. The first-order chi connectivity index (χ1) is 6.31. The highest BCUT2D eigenvalue weighted by molar-refractivity contribution is 7.98. The zero-order valence-corrected chi connectivity index (χ0v) is 8.67. The number of ether oxygens (including phenoxy) is 1. The van der Waals surface area contributed by atoms with Crippen LogP contribution in [0, 0.1) is 0 Å². The summed E-state index contributed by atoms with van der Waals surface area (Å²) in [6.45, 7) is 4.09. The van der Waals surface area contributed by atoms with Crippen LogP contribution in [0.4, 0.5) is 0 Å². The molecule has 1 N–H and O–H groups in total.